The summed E-state index contributed by atoms with van der Waals surface area (Å²) in [4.78, 5) is 27.3. The maximum Gasteiger partial charge on any atom is 0.251 e. The van der Waals surface area contributed by atoms with Gasteiger partial charge in [-0.05, 0) is 30.7 Å². The van der Waals surface area contributed by atoms with Gasteiger partial charge in [-0.3, -0.25) is 9.59 Å². The van der Waals surface area contributed by atoms with Crippen LogP contribution >= 0.6 is 0 Å². The number of carbonyl (C=O) groups excluding carboxylic acids is 1. The van der Waals surface area contributed by atoms with Crippen molar-refractivity contribution in [3.05, 3.63) is 52.6 Å². The van der Waals surface area contributed by atoms with Crippen LogP contribution in [0.4, 0.5) is 11.5 Å². The molecule has 0 saturated carbocycles. The molecule has 0 aliphatic carbocycles. The minimum Gasteiger partial charge on any atom is -0.398 e. The first-order chi connectivity index (χ1) is 9.04. The second-order valence-electron chi connectivity index (χ2n) is 4.20. The van der Waals surface area contributed by atoms with E-state index in [0.717, 1.165) is 5.56 Å². The lowest BCUT2D eigenvalue weighted by atomic mass is 10.3. The van der Waals surface area contributed by atoms with E-state index >= 15 is 0 Å². The van der Waals surface area contributed by atoms with Crippen LogP contribution in [0.3, 0.4) is 0 Å². The molecule has 2 heterocycles. The van der Waals surface area contributed by atoms with Crippen molar-refractivity contribution in [3.8, 4) is 0 Å². The number of aryl methyl sites for hydroxylation is 1. The van der Waals surface area contributed by atoms with E-state index in [-0.39, 0.29) is 18.0 Å². The van der Waals surface area contributed by atoms with Gasteiger partial charge in [-0.15, -0.1) is 0 Å². The van der Waals surface area contributed by atoms with E-state index in [2.05, 4.69) is 10.3 Å². The van der Waals surface area contributed by atoms with Crippen molar-refractivity contribution in [2.75, 3.05) is 11.1 Å². The number of nitrogens with two attached hydrogens (primary N) is 1. The first-order valence-corrected chi connectivity index (χ1v) is 5.73. The van der Waals surface area contributed by atoms with Crippen molar-refractivity contribution in [1.29, 1.82) is 0 Å². The highest BCUT2D eigenvalue weighted by atomic mass is 16.2. The second kappa shape index (κ2) is 5.34. The average Bonchev–Trinajstić information content (AvgIpc) is 2.34. The third kappa shape index (κ3) is 3.41. The van der Waals surface area contributed by atoms with Crippen molar-refractivity contribution in [3.63, 3.8) is 0 Å². The number of carbonyl (C=O) groups is 1. The number of hydrogen-bond acceptors (Lipinski definition) is 4. The summed E-state index contributed by atoms with van der Waals surface area (Å²) in [5.41, 5.74) is 6.72. The van der Waals surface area contributed by atoms with Gasteiger partial charge in [0.2, 0.25) is 5.91 Å². The molecule has 0 unspecified atom stereocenters. The van der Waals surface area contributed by atoms with E-state index in [4.69, 9.17) is 5.73 Å². The fraction of sp³-hybridized carbons (Fsp3) is 0.154. The van der Waals surface area contributed by atoms with E-state index in [0.29, 0.717) is 11.5 Å². The van der Waals surface area contributed by atoms with Gasteiger partial charge in [-0.25, -0.2) is 4.98 Å². The largest absolute Gasteiger partial charge is 0.398 e. The summed E-state index contributed by atoms with van der Waals surface area (Å²) in [7, 11) is 0. The number of amides is 1. The normalized spacial score (nSPS) is 10.2. The molecule has 0 aliphatic rings. The Morgan fingerprint density at radius 2 is 2.21 bits per heavy atom. The zero-order valence-electron chi connectivity index (χ0n) is 10.5. The standard InChI is InChI=1S/C13H14N4O2/c1-9-4-5-15-11(6-9)16-12(18)8-17-7-10(14)2-3-13(17)19/h2-7H,8,14H2,1H3,(H,15,16,18). The summed E-state index contributed by atoms with van der Waals surface area (Å²) in [5.74, 6) is 0.132. The topological polar surface area (TPSA) is 90.0 Å². The Kier molecular flexibility index (Phi) is 3.61. The minimum absolute atomic E-state index is 0.0977. The van der Waals surface area contributed by atoms with E-state index in [1.54, 1.807) is 12.3 Å². The average molecular weight is 258 g/mol. The third-order valence-corrected chi connectivity index (χ3v) is 2.50. The first kappa shape index (κ1) is 12.8. The molecule has 0 aliphatic heterocycles. The van der Waals surface area contributed by atoms with Gasteiger partial charge in [0.15, 0.2) is 0 Å². The Hall–Kier alpha value is -2.63. The second-order valence-corrected chi connectivity index (χ2v) is 4.20. The van der Waals surface area contributed by atoms with Gasteiger partial charge in [-0.2, -0.15) is 0 Å². The summed E-state index contributed by atoms with van der Waals surface area (Å²) in [6.45, 7) is 1.80. The van der Waals surface area contributed by atoms with Crippen LogP contribution in [0, 0.1) is 6.92 Å². The summed E-state index contributed by atoms with van der Waals surface area (Å²) < 4.78 is 1.25. The molecule has 0 atom stereocenters. The first-order valence-electron chi connectivity index (χ1n) is 5.73. The maximum absolute atomic E-state index is 11.8. The fourth-order valence-corrected chi connectivity index (χ4v) is 1.62. The van der Waals surface area contributed by atoms with Crippen LogP contribution in [0.25, 0.3) is 0 Å². The van der Waals surface area contributed by atoms with E-state index < -0.39 is 0 Å². The summed E-state index contributed by atoms with van der Waals surface area (Å²) in [6.07, 6.45) is 3.04. The molecular weight excluding hydrogens is 244 g/mol. The summed E-state index contributed by atoms with van der Waals surface area (Å²) >= 11 is 0. The summed E-state index contributed by atoms with van der Waals surface area (Å²) in [6, 6.07) is 6.41. The van der Waals surface area contributed by atoms with Gasteiger partial charge in [0, 0.05) is 24.1 Å². The molecule has 1 amide bonds. The summed E-state index contributed by atoms with van der Waals surface area (Å²) in [5, 5.41) is 2.63. The highest BCUT2D eigenvalue weighted by molar-refractivity contribution is 5.89. The van der Waals surface area contributed by atoms with Crippen LogP contribution in [0.5, 0.6) is 0 Å². The Morgan fingerprint density at radius 3 is 2.95 bits per heavy atom. The molecule has 0 aromatic carbocycles. The van der Waals surface area contributed by atoms with Crippen LogP contribution in [0.1, 0.15) is 5.56 Å². The number of nitrogen functional groups attached to an aromatic ring is 1. The van der Waals surface area contributed by atoms with E-state index in [9.17, 15) is 9.59 Å². The lowest BCUT2D eigenvalue weighted by molar-refractivity contribution is -0.116. The SMILES string of the molecule is Cc1ccnc(NC(=O)Cn2cc(N)ccc2=O)c1. The number of anilines is 2. The Balaban J connectivity index is 2.09. The molecular formula is C13H14N4O2. The number of pyridine rings is 2. The Morgan fingerprint density at radius 1 is 1.42 bits per heavy atom. The van der Waals surface area contributed by atoms with Gasteiger partial charge in [0.05, 0.1) is 0 Å². The van der Waals surface area contributed by atoms with Crippen LogP contribution in [-0.2, 0) is 11.3 Å². The van der Waals surface area contributed by atoms with Crippen LogP contribution in [0.2, 0.25) is 0 Å². The minimum atomic E-state index is -0.328. The molecule has 0 spiro atoms. The Bertz CT molecular complexity index is 664. The van der Waals surface area contributed by atoms with Crippen LogP contribution in [-0.4, -0.2) is 15.5 Å². The fourth-order valence-electron chi connectivity index (χ4n) is 1.62. The smallest absolute Gasteiger partial charge is 0.251 e. The zero-order chi connectivity index (χ0) is 13.8. The van der Waals surface area contributed by atoms with E-state index in [1.807, 2.05) is 13.0 Å². The van der Waals surface area contributed by atoms with Crippen molar-refractivity contribution in [2.45, 2.75) is 13.5 Å². The molecule has 2 aromatic heterocycles. The molecule has 2 rings (SSSR count). The molecule has 0 bridgehead atoms. The molecule has 98 valence electrons. The predicted molar refractivity (Wildman–Crippen MR) is 72.7 cm³/mol. The van der Waals surface area contributed by atoms with Crippen LogP contribution in [0.15, 0.2) is 41.5 Å². The molecule has 19 heavy (non-hydrogen) atoms. The predicted octanol–water partition coefficient (Wildman–Crippen LogP) is 0.773. The number of aromatic nitrogens is 2. The van der Waals surface area contributed by atoms with Gasteiger partial charge < -0.3 is 15.6 Å². The van der Waals surface area contributed by atoms with Gasteiger partial charge in [0.1, 0.15) is 12.4 Å². The zero-order valence-corrected chi connectivity index (χ0v) is 10.5. The molecule has 6 heteroatoms. The van der Waals surface area contributed by atoms with Crippen molar-refractivity contribution in [2.24, 2.45) is 0 Å². The molecule has 3 N–H and O–H groups in total. The lowest BCUT2D eigenvalue weighted by Crippen LogP contribution is -2.27. The molecule has 2 aromatic rings. The Labute approximate surface area is 109 Å². The van der Waals surface area contributed by atoms with Crippen LogP contribution < -0.4 is 16.6 Å². The highest BCUT2D eigenvalue weighted by Gasteiger charge is 2.06. The van der Waals surface area contributed by atoms with Crippen molar-refractivity contribution >= 4 is 17.4 Å². The van der Waals surface area contributed by atoms with Gasteiger partial charge in [0.25, 0.3) is 5.56 Å². The van der Waals surface area contributed by atoms with Crippen molar-refractivity contribution in [1.82, 2.24) is 9.55 Å². The lowest BCUT2D eigenvalue weighted by Gasteiger charge is -2.07. The molecule has 0 fully saturated rings. The van der Waals surface area contributed by atoms with E-state index in [1.165, 1.54) is 22.9 Å². The van der Waals surface area contributed by atoms with Gasteiger partial charge in [-0.1, -0.05) is 0 Å². The number of nitrogens with one attached hydrogen (secondary N) is 1. The number of nitrogens with zero attached hydrogens (tertiary/aromatic N) is 2. The number of rotatable bonds is 3. The maximum atomic E-state index is 11.8. The molecule has 0 saturated heterocycles. The highest BCUT2D eigenvalue weighted by Crippen LogP contribution is 2.05. The van der Waals surface area contributed by atoms with Crippen molar-refractivity contribution < 1.29 is 4.79 Å². The van der Waals surface area contributed by atoms with Gasteiger partial charge >= 0.3 is 0 Å². The quantitative estimate of drug-likeness (QED) is 0.851. The molecule has 6 nitrogen and oxygen atoms in total. The number of hydrogen-bond donors (Lipinski definition) is 2. The third-order valence-electron chi connectivity index (χ3n) is 2.50. The molecule has 0 radical (unpaired) electrons. The monoisotopic (exact) mass is 258 g/mol.